The summed E-state index contributed by atoms with van der Waals surface area (Å²) < 4.78 is 1.94. The number of hydrogen-bond donors (Lipinski definition) is 2. The van der Waals surface area contributed by atoms with E-state index >= 15 is 0 Å². The summed E-state index contributed by atoms with van der Waals surface area (Å²) in [5.41, 5.74) is 3.72. The fourth-order valence-corrected chi connectivity index (χ4v) is 3.06. The van der Waals surface area contributed by atoms with Gasteiger partial charge in [-0.3, -0.25) is 4.68 Å². The molecule has 0 unspecified atom stereocenters. The number of hydrogen-bond acceptors (Lipinski definition) is 3. The maximum Gasteiger partial charge on any atom is 0.191 e. The Bertz CT molecular complexity index is 678. The van der Waals surface area contributed by atoms with Crippen molar-refractivity contribution in [3.8, 4) is 0 Å². The van der Waals surface area contributed by atoms with Crippen molar-refractivity contribution in [2.45, 2.75) is 38.8 Å². The third-order valence-corrected chi connectivity index (χ3v) is 4.41. The molecule has 6 heteroatoms. The molecule has 1 aromatic carbocycles. The second kappa shape index (κ2) is 9.37. The highest BCUT2D eigenvalue weighted by Crippen LogP contribution is 2.22. The second-order valence-electron chi connectivity index (χ2n) is 5.72. The lowest BCUT2D eigenvalue weighted by Crippen LogP contribution is -2.38. The Morgan fingerprint density at radius 1 is 1.25 bits per heavy atom. The summed E-state index contributed by atoms with van der Waals surface area (Å²) in [6, 6.07) is 6.53. The van der Waals surface area contributed by atoms with Crippen molar-refractivity contribution in [3.05, 3.63) is 47.3 Å². The Balaban J connectivity index is 1.94. The summed E-state index contributed by atoms with van der Waals surface area (Å²) in [4.78, 5) is 6.00. The van der Waals surface area contributed by atoms with Crippen LogP contribution in [-0.4, -0.2) is 35.1 Å². The Morgan fingerprint density at radius 3 is 2.75 bits per heavy atom. The van der Waals surface area contributed by atoms with Gasteiger partial charge >= 0.3 is 0 Å². The van der Waals surface area contributed by atoms with Gasteiger partial charge in [-0.1, -0.05) is 12.1 Å². The van der Waals surface area contributed by atoms with E-state index in [2.05, 4.69) is 54.0 Å². The molecule has 130 valence electrons. The van der Waals surface area contributed by atoms with Crippen LogP contribution < -0.4 is 10.6 Å². The molecule has 1 heterocycles. The van der Waals surface area contributed by atoms with Gasteiger partial charge < -0.3 is 10.6 Å². The zero-order chi connectivity index (χ0) is 17.4. The van der Waals surface area contributed by atoms with Gasteiger partial charge in [-0.2, -0.15) is 5.10 Å². The minimum Gasteiger partial charge on any atom is -0.357 e. The molecular formula is C18H27N5S. The molecule has 0 aliphatic heterocycles. The Morgan fingerprint density at radius 2 is 2.08 bits per heavy atom. The van der Waals surface area contributed by atoms with Gasteiger partial charge in [0.1, 0.15) is 0 Å². The predicted molar refractivity (Wildman–Crippen MR) is 103 cm³/mol. The zero-order valence-electron chi connectivity index (χ0n) is 15.0. The molecular weight excluding hydrogens is 318 g/mol. The summed E-state index contributed by atoms with van der Waals surface area (Å²) >= 11 is 1.77. The minimum atomic E-state index is 0.673. The van der Waals surface area contributed by atoms with Crippen molar-refractivity contribution in [2.24, 2.45) is 4.99 Å². The third kappa shape index (κ3) is 5.60. The maximum absolute atomic E-state index is 4.71. The summed E-state index contributed by atoms with van der Waals surface area (Å²) in [7, 11) is 0. The van der Waals surface area contributed by atoms with E-state index in [-0.39, 0.29) is 0 Å². The van der Waals surface area contributed by atoms with E-state index in [0.717, 1.165) is 25.6 Å². The van der Waals surface area contributed by atoms with Crippen molar-refractivity contribution in [3.63, 3.8) is 0 Å². The molecule has 0 aliphatic carbocycles. The monoisotopic (exact) mass is 345 g/mol. The van der Waals surface area contributed by atoms with Crippen LogP contribution in [0.15, 0.2) is 40.5 Å². The lowest BCUT2D eigenvalue weighted by molar-refractivity contribution is 0.597. The number of aryl methyl sites for hydroxylation is 2. The fraction of sp³-hybridized carbons (Fsp3) is 0.444. The average molecular weight is 346 g/mol. The van der Waals surface area contributed by atoms with Gasteiger partial charge in [-0.25, -0.2) is 4.99 Å². The Labute approximate surface area is 148 Å². The maximum atomic E-state index is 4.71. The van der Waals surface area contributed by atoms with E-state index in [1.54, 1.807) is 11.8 Å². The summed E-state index contributed by atoms with van der Waals surface area (Å²) in [5, 5.41) is 11.0. The normalized spacial score (nSPS) is 11.6. The number of aromatic nitrogens is 2. The van der Waals surface area contributed by atoms with Crippen LogP contribution in [0.25, 0.3) is 0 Å². The topological polar surface area (TPSA) is 54.2 Å². The first kappa shape index (κ1) is 18.4. The standard InChI is InChI=1S/C18H27N5S/c1-5-19-18(20-8-9-23-13-15(3)11-22-23)21-12-16-7-6-14(2)10-17(16)24-4/h6-7,10-11,13H,5,8-9,12H2,1-4H3,(H2,19,20,21). The highest BCUT2D eigenvalue weighted by molar-refractivity contribution is 7.98. The first-order chi connectivity index (χ1) is 11.6. The van der Waals surface area contributed by atoms with Gasteiger partial charge in [-0.05, 0) is 49.8 Å². The van der Waals surface area contributed by atoms with Crippen molar-refractivity contribution in [1.82, 2.24) is 20.4 Å². The summed E-state index contributed by atoms with van der Waals surface area (Å²) in [6.45, 7) is 9.37. The van der Waals surface area contributed by atoms with Gasteiger partial charge in [0.25, 0.3) is 0 Å². The van der Waals surface area contributed by atoms with E-state index < -0.39 is 0 Å². The number of rotatable bonds is 7. The van der Waals surface area contributed by atoms with Crippen LogP contribution in [0.4, 0.5) is 0 Å². The summed E-state index contributed by atoms with van der Waals surface area (Å²) in [5.74, 6) is 0.842. The van der Waals surface area contributed by atoms with Crippen molar-refractivity contribution < 1.29 is 0 Å². The molecule has 24 heavy (non-hydrogen) atoms. The SMILES string of the molecule is CCNC(=NCc1ccc(C)cc1SC)NCCn1cc(C)cn1. The number of thioether (sulfide) groups is 1. The molecule has 2 aromatic rings. The lowest BCUT2D eigenvalue weighted by Gasteiger charge is -2.12. The fourth-order valence-electron chi connectivity index (χ4n) is 2.37. The molecule has 0 fully saturated rings. The molecule has 0 saturated carbocycles. The highest BCUT2D eigenvalue weighted by Gasteiger charge is 2.03. The molecule has 2 rings (SSSR count). The van der Waals surface area contributed by atoms with Crippen LogP contribution in [-0.2, 0) is 13.1 Å². The van der Waals surface area contributed by atoms with Crippen molar-refractivity contribution in [2.75, 3.05) is 19.3 Å². The third-order valence-electron chi connectivity index (χ3n) is 3.59. The molecule has 1 aromatic heterocycles. The Hall–Kier alpha value is -1.95. The Kier molecular flexibility index (Phi) is 7.18. The van der Waals surface area contributed by atoms with Gasteiger partial charge in [0, 0.05) is 24.2 Å². The van der Waals surface area contributed by atoms with E-state index in [1.165, 1.54) is 21.6 Å². The number of benzene rings is 1. The molecule has 2 N–H and O–H groups in total. The number of aliphatic imine (C=N–C) groups is 1. The van der Waals surface area contributed by atoms with E-state index in [0.29, 0.717) is 6.54 Å². The number of nitrogens with one attached hydrogen (secondary N) is 2. The molecule has 0 amide bonds. The van der Waals surface area contributed by atoms with Crippen LogP contribution >= 0.6 is 11.8 Å². The van der Waals surface area contributed by atoms with Crippen LogP contribution in [0.1, 0.15) is 23.6 Å². The predicted octanol–water partition coefficient (Wildman–Crippen LogP) is 2.98. The second-order valence-corrected chi connectivity index (χ2v) is 6.57. The van der Waals surface area contributed by atoms with E-state index in [9.17, 15) is 0 Å². The van der Waals surface area contributed by atoms with Crippen LogP contribution in [0.5, 0.6) is 0 Å². The first-order valence-electron chi connectivity index (χ1n) is 8.27. The number of guanidine groups is 1. The highest BCUT2D eigenvalue weighted by atomic mass is 32.2. The molecule has 0 atom stereocenters. The number of nitrogens with zero attached hydrogens (tertiary/aromatic N) is 3. The van der Waals surface area contributed by atoms with Crippen LogP contribution in [0, 0.1) is 13.8 Å². The van der Waals surface area contributed by atoms with E-state index in [4.69, 9.17) is 4.99 Å². The zero-order valence-corrected chi connectivity index (χ0v) is 15.8. The average Bonchev–Trinajstić information content (AvgIpc) is 2.98. The van der Waals surface area contributed by atoms with Gasteiger partial charge in [0.05, 0.1) is 19.3 Å². The van der Waals surface area contributed by atoms with Crippen LogP contribution in [0.2, 0.25) is 0 Å². The lowest BCUT2D eigenvalue weighted by atomic mass is 10.1. The van der Waals surface area contributed by atoms with Crippen molar-refractivity contribution in [1.29, 1.82) is 0 Å². The van der Waals surface area contributed by atoms with Gasteiger partial charge in [-0.15, -0.1) is 11.8 Å². The largest absolute Gasteiger partial charge is 0.357 e. The molecule has 0 aliphatic rings. The van der Waals surface area contributed by atoms with Crippen LogP contribution in [0.3, 0.4) is 0 Å². The minimum absolute atomic E-state index is 0.673. The van der Waals surface area contributed by atoms with Gasteiger partial charge in [0.15, 0.2) is 5.96 Å². The molecule has 0 bridgehead atoms. The van der Waals surface area contributed by atoms with Crippen molar-refractivity contribution >= 4 is 17.7 Å². The first-order valence-corrected chi connectivity index (χ1v) is 9.49. The molecule has 0 spiro atoms. The quantitative estimate of drug-likeness (QED) is 0.460. The smallest absolute Gasteiger partial charge is 0.191 e. The molecule has 0 radical (unpaired) electrons. The van der Waals surface area contributed by atoms with E-state index in [1.807, 2.05) is 24.0 Å². The molecule has 0 saturated heterocycles. The molecule has 5 nitrogen and oxygen atoms in total. The summed E-state index contributed by atoms with van der Waals surface area (Å²) in [6.07, 6.45) is 6.03. The van der Waals surface area contributed by atoms with Gasteiger partial charge in [0.2, 0.25) is 0 Å².